The van der Waals surface area contributed by atoms with Crippen molar-refractivity contribution in [1.82, 2.24) is 4.57 Å². The Hall–Kier alpha value is -2.23. The van der Waals surface area contributed by atoms with Crippen molar-refractivity contribution < 1.29 is 30.5 Å². The average Bonchev–Trinajstić information content (AvgIpc) is 2.42. The zero-order valence-corrected chi connectivity index (χ0v) is 12.2. The number of fused-ring (bicyclic) bond motifs is 1. The molecule has 22 heavy (non-hydrogen) atoms. The SMILES string of the molecule is COc1ccc2c(c1)c(OS(=O)(=O)C(F)(F)F)cc(=O)n2C. The fraction of sp³-hybridized carbons (Fsp3) is 0.250. The molecule has 1 heterocycles. The lowest BCUT2D eigenvalue weighted by molar-refractivity contribution is -0.0499. The topological polar surface area (TPSA) is 74.6 Å². The Kier molecular flexibility index (Phi) is 3.81. The third kappa shape index (κ3) is 2.73. The molecule has 0 atom stereocenters. The van der Waals surface area contributed by atoms with Crippen molar-refractivity contribution >= 4 is 21.0 Å². The predicted octanol–water partition coefficient (Wildman–Crippen LogP) is 1.78. The summed E-state index contributed by atoms with van der Waals surface area (Å²) < 4.78 is 69.7. The minimum Gasteiger partial charge on any atom is -0.497 e. The van der Waals surface area contributed by atoms with Gasteiger partial charge in [-0.05, 0) is 18.2 Å². The highest BCUT2D eigenvalue weighted by molar-refractivity contribution is 7.88. The molecule has 0 aliphatic heterocycles. The minimum absolute atomic E-state index is 0.00530. The molecular formula is C12H10F3NO5S. The Morgan fingerprint density at radius 3 is 2.36 bits per heavy atom. The molecule has 0 saturated carbocycles. The van der Waals surface area contributed by atoms with E-state index in [0.717, 1.165) is 4.57 Å². The van der Waals surface area contributed by atoms with Gasteiger partial charge in [0.05, 0.1) is 12.6 Å². The van der Waals surface area contributed by atoms with E-state index in [9.17, 15) is 26.4 Å². The monoisotopic (exact) mass is 337 g/mol. The van der Waals surface area contributed by atoms with Crippen molar-refractivity contribution in [3.63, 3.8) is 0 Å². The predicted molar refractivity (Wildman–Crippen MR) is 71.3 cm³/mol. The van der Waals surface area contributed by atoms with Gasteiger partial charge < -0.3 is 13.5 Å². The number of alkyl halides is 3. The van der Waals surface area contributed by atoms with Crippen LogP contribution in [0.4, 0.5) is 13.2 Å². The second-order valence-corrected chi connectivity index (χ2v) is 5.81. The zero-order chi connectivity index (χ0) is 16.7. The fourth-order valence-corrected chi connectivity index (χ4v) is 2.24. The molecule has 0 fully saturated rings. The number of aromatic nitrogens is 1. The number of aryl methyl sites for hydroxylation is 1. The van der Waals surface area contributed by atoms with Crippen LogP contribution in [0.15, 0.2) is 29.1 Å². The molecule has 0 N–H and O–H groups in total. The summed E-state index contributed by atoms with van der Waals surface area (Å²) in [6.07, 6.45) is 0. The van der Waals surface area contributed by atoms with Gasteiger partial charge >= 0.3 is 15.6 Å². The van der Waals surface area contributed by atoms with E-state index in [4.69, 9.17) is 4.74 Å². The molecule has 0 amide bonds. The van der Waals surface area contributed by atoms with Gasteiger partial charge in [-0.1, -0.05) is 0 Å². The van der Waals surface area contributed by atoms with Crippen molar-refractivity contribution in [2.45, 2.75) is 5.51 Å². The number of nitrogens with zero attached hydrogens (tertiary/aromatic N) is 1. The molecule has 1 aromatic carbocycles. The van der Waals surface area contributed by atoms with Gasteiger partial charge in [0.25, 0.3) is 5.56 Å². The van der Waals surface area contributed by atoms with Crippen LogP contribution < -0.4 is 14.5 Å². The van der Waals surface area contributed by atoms with Crippen LogP contribution in [0, 0.1) is 0 Å². The smallest absolute Gasteiger partial charge is 0.497 e. The highest BCUT2D eigenvalue weighted by Gasteiger charge is 2.48. The molecule has 0 spiro atoms. The maximum Gasteiger partial charge on any atom is 0.534 e. The van der Waals surface area contributed by atoms with Crippen molar-refractivity contribution in [3.8, 4) is 11.5 Å². The van der Waals surface area contributed by atoms with Crippen LogP contribution in [-0.2, 0) is 17.2 Å². The zero-order valence-electron chi connectivity index (χ0n) is 11.3. The number of hydrogen-bond acceptors (Lipinski definition) is 5. The summed E-state index contributed by atoms with van der Waals surface area (Å²) in [5, 5.41) is -0.00530. The first-order valence-electron chi connectivity index (χ1n) is 5.75. The molecule has 10 heteroatoms. The molecule has 0 aliphatic rings. The fourth-order valence-electron chi connectivity index (χ4n) is 1.77. The molecule has 120 valence electrons. The van der Waals surface area contributed by atoms with Crippen LogP contribution in [0.1, 0.15) is 0 Å². The highest BCUT2D eigenvalue weighted by Crippen LogP contribution is 2.32. The van der Waals surface area contributed by atoms with Gasteiger partial charge in [0.2, 0.25) is 0 Å². The van der Waals surface area contributed by atoms with E-state index in [-0.39, 0.29) is 16.7 Å². The van der Waals surface area contributed by atoms with Crippen molar-refractivity contribution in [2.24, 2.45) is 7.05 Å². The number of benzene rings is 1. The lowest BCUT2D eigenvalue weighted by atomic mass is 10.2. The lowest BCUT2D eigenvalue weighted by Gasteiger charge is -2.13. The number of ether oxygens (including phenoxy) is 1. The van der Waals surface area contributed by atoms with Crippen molar-refractivity contribution in [3.05, 3.63) is 34.6 Å². The van der Waals surface area contributed by atoms with Crippen LogP contribution in [0.5, 0.6) is 11.5 Å². The molecular weight excluding hydrogens is 327 g/mol. The molecule has 0 bridgehead atoms. The quantitative estimate of drug-likeness (QED) is 0.630. The van der Waals surface area contributed by atoms with Crippen molar-refractivity contribution in [2.75, 3.05) is 7.11 Å². The maximum absolute atomic E-state index is 12.4. The molecule has 1 aromatic heterocycles. The van der Waals surface area contributed by atoms with E-state index in [1.165, 1.54) is 32.4 Å². The summed E-state index contributed by atoms with van der Waals surface area (Å²) >= 11 is 0. The van der Waals surface area contributed by atoms with Gasteiger partial charge in [0.15, 0.2) is 5.75 Å². The summed E-state index contributed by atoms with van der Waals surface area (Å²) in [5.74, 6) is -0.449. The Balaban J connectivity index is 2.73. The van der Waals surface area contributed by atoms with Crippen LogP contribution in [0.3, 0.4) is 0 Å². The number of methoxy groups -OCH3 is 1. The normalized spacial score (nSPS) is 12.4. The molecule has 6 nitrogen and oxygen atoms in total. The van der Waals surface area contributed by atoms with E-state index in [0.29, 0.717) is 6.07 Å². The minimum atomic E-state index is -5.88. The van der Waals surface area contributed by atoms with Crippen LogP contribution in [0.25, 0.3) is 10.9 Å². The van der Waals surface area contributed by atoms with E-state index in [1.54, 1.807) is 0 Å². The summed E-state index contributed by atoms with van der Waals surface area (Å²) in [7, 11) is -3.16. The average molecular weight is 337 g/mol. The van der Waals surface area contributed by atoms with Crippen molar-refractivity contribution in [1.29, 1.82) is 0 Å². The first kappa shape index (κ1) is 16.1. The molecule has 0 unspecified atom stereocenters. The molecule has 0 saturated heterocycles. The van der Waals surface area contributed by atoms with E-state index < -0.39 is 26.9 Å². The Morgan fingerprint density at radius 2 is 1.82 bits per heavy atom. The van der Waals surface area contributed by atoms with Gasteiger partial charge in [-0.15, -0.1) is 0 Å². The Morgan fingerprint density at radius 1 is 1.18 bits per heavy atom. The van der Waals surface area contributed by atoms with Gasteiger partial charge in [-0.2, -0.15) is 21.6 Å². The third-order valence-corrected chi connectivity index (χ3v) is 3.86. The highest BCUT2D eigenvalue weighted by atomic mass is 32.2. The lowest BCUT2D eigenvalue weighted by Crippen LogP contribution is -2.29. The maximum atomic E-state index is 12.4. The van der Waals surface area contributed by atoms with Crippen LogP contribution >= 0.6 is 0 Å². The van der Waals surface area contributed by atoms with Crippen LogP contribution in [0.2, 0.25) is 0 Å². The summed E-state index contributed by atoms with van der Waals surface area (Å²) in [4.78, 5) is 11.7. The van der Waals surface area contributed by atoms with Gasteiger partial charge in [-0.3, -0.25) is 4.79 Å². The van der Waals surface area contributed by atoms with E-state index >= 15 is 0 Å². The Bertz CT molecular complexity index is 886. The summed E-state index contributed by atoms with van der Waals surface area (Å²) in [5.41, 5.74) is -6.12. The van der Waals surface area contributed by atoms with E-state index in [1.807, 2.05) is 0 Å². The van der Waals surface area contributed by atoms with Gasteiger partial charge in [-0.25, -0.2) is 0 Å². The molecule has 2 rings (SSSR count). The van der Waals surface area contributed by atoms with Crippen LogP contribution in [-0.4, -0.2) is 25.6 Å². The second kappa shape index (κ2) is 5.20. The molecule has 0 aliphatic carbocycles. The van der Waals surface area contributed by atoms with Gasteiger partial charge in [0.1, 0.15) is 5.75 Å². The van der Waals surface area contributed by atoms with Gasteiger partial charge in [0, 0.05) is 18.5 Å². The second-order valence-electron chi connectivity index (χ2n) is 4.27. The molecule has 0 radical (unpaired) electrons. The first-order chi connectivity index (χ1) is 10.1. The molecule has 2 aromatic rings. The summed E-state index contributed by atoms with van der Waals surface area (Å²) in [6.45, 7) is 0. The first-order valence-corrected chi connectivity index (χ1v) is 7.16. The Labute approximate surface area is 122 Å². The number of hydrogen-bond donors (Lipinski definition) is 0. The number of pyridine rings is 1. The number of rotatable bonds is 3. The largest absolute Gasteiger partial charge is 0.534 e. The standard InChI is InChI=1S/C12H10F3NO5S/c1-16-9-4-3-7(20-2)5-8(9)10(6-11(16)17)21-22(18,19)12(13,14)15/h3-6H,1-2H3. The van der Waals surface area contributed by atoms with E-state index in [2.05, 4.69) is 4.18 Å². The number of halogens is 3. The third-order valence-electron chi connectivity index (χ3n) is 2.90. The summed E-state index contributed by atoms with van der Waals surface area (Å²) in [6, 6.07) is 4.83.